The number of nitrogens with zero attached hydrogens (tertiary/aromatic N) is 2. The molecule has 2 aromatic heterocycles. The topological polar surface area (TPSA) is 61.9 Å². The summed E-state index contributed by atoms with van der Waals surface area (Å²) >= 11 is 25.7. The van der Waals surface area contributed by atoms with Gasteiger partial charge in [-0.1, -0.05) is 147 Å². The van der Waals surface area contributed by atoms with Crippen LogP contribution in [0.3, 0.4) is 0 Å². The minimum atomic E-state index is -0.476. The average Bonchev–Trinajstić information content (AvgIpc) is 1.64. The monoisotopic (exact) mass is 1660 g/mol. The molecule has 8 nitrogen and oxygen atoms in total. The highest BCUT2D eigenvalue weighted by Crippen LogP contribution is 2.57. The summed E-state index contributed by atoms with van der Waals surface area (Å²) in [6.07, 6.45) is 0. The Bertz CT molecular complexity index is 4980. The summed E-state index contributed by atoms with van der Waals surface area (Å²) in [6.45, 7) is 34.0. The number of hydrogen-bond acceptors (Lipinski definition) is 14. The molecule has 0 unspecified atom stereocenters. The number of thiophene rings is 2. The number of rotatable bonds is 4. The molecule has 0 radical (unpaired) electrons. The summed E-state index contributed by atoms with van der Waals surface area (Å²) in [5.41, 5.74) is 11.5. The van der Waals surface area contributed by atoms with Gasteiger partial charge in [-0.2, -0.15) is 0 Å². The lowest BCUT2D eigenvalue weighted by Gasteiger charge is -2.42. The van der Waals surface area contributed by atoms with Crippen LogP contribution >= 0.6 is 38.6 Å². The van der Waals surface area contributed by atoms with Crippen molar-refractivity contribution in [1.82, 2.24) is 0 Å². The van der Waals surface area contributed by atoms with Crippen LogP contribution in [0.25, 0.3) is 40.3 Å². The van der Waals surface area contributed by atoms with Crippen molar-refractivity contribution in [2.45, 2.75) is 155 Å². The maximum Gasteiger partial charge on any atom is 0.495 e. The van der Waals surface area contributed by atoms with Crippen molar-refractivity contribution >= 4 is 264 Å². The van der Waals surface area contributed by atoms with Gasteiger partial charge in [0.15, 0.2) is 0 Å². The van der Waals surface area contributed by atoms with Crippen LogP contribution in [-0.2, 0) is 163 Å². The maximum absolute atomic E-state index is 6.57. The molecular formula is C72H76B3BrN2O6S15. The molecule has 0 spiro atoms. The number of hydrogen-bond donors (Lipinski definition) is 0. The molecule has 0 amide bonds. The van der Waals surface area contributed by atoms with Gasteiger partial charge >= 0.3 is 21.1 Å². The molecule has 99 heavy (non-hydrogen) atoms. The summed E-state index contributed by atoms with van der Waals surface area (Å²) in [7, 11) is 11.6. The maximum atomic E-state index is 6.57. The van der Waals surface area contributed by atoms with Crippen LogP contribution < -0.4 is 15.3 Å². The van der Waals surface area contributed by atoms with Gasteiger partial charge in [-0.15, -0.1) is 22.7 Å². The first-order chi connectivity index (χ1) is 46.9. The van der Waals surface area contributed by atoms with Gasteiger partial charge in [-0.3, -0.25) is 0 Å². The van der Waals surface area contributed by atoms with E-state index in [0.29, 0.717) is 0 Å². The van der Waals surface area contributed by atoms with Gasteiger partial charge in [-0.25, -0.2) is 0 Å². The summed E-state index contributed by atoms with van der Waals surface area (Å²) in [6, 6.07) is 61.8. The van der Waals surface area contributed by atoms with Gasteiger partial charge in [0.05, 0.1) is 67.7 Å². The van der Waals surface area contributed by atoms with Crippen LogP contribution in [0.5, 0.6) is 0 Å². The predicted octanol–water partition coefficient (Wildman–Crippen LogP) is 19.6. The fourth-order valence-corrected chi connectivity index (χ4v) is 29.9. The highest BCUT2D eigenvalue weighted by atomic mass is 79.9. The van der Waals surface area contributed by atoms with Crippen molar-refractivity contribution in [1.29, 1.82) is 0 Å². The quantitative estimate of drug-likeness (QED) is 0.158. The molecule has 0 atom stereocenters. The lowest BCUT2D eigenvalue weighted by atomic mass is 9.49. The van der Waals surface area contributed by atoms with Crippen molar-refractivity contribution in [2.24, 2.45) is 0 Å². The summed E-state index contributed by atoms with van der Waals surface area (Å²) in [4.78, 5) is 4.93. The van der Waals surface area contributed by atoms with E-state index in [1.165, 1.54) is 150 Å². The smallest absolute Gasteiger partial charge is 0.405 e. The Labute approximate surface area is 646 Å². The van der Waals surface area contributed by atoms with E-state index < -0.39 is 32.3 Å². The van der Waals surface area contributed by atoms with Crippen molar-refractivity contribution in [3.05, 3.63) is 197 Å². The lowest BCUT2D eigenvalue weighted by Crippen LogP contribution is -2.41. The first kappa shape index (κ1) is 77.2. The van der Waals surface area contributed by atoms with E-state index in [1.54, 1.807) is 26.6 Å². The van der Waals surface area contributed by atoms with E-state index >= 15 is 0 Å². The van der Waals surface area contributed by atoms with Crippen LogP contribution in [0.15, 0.2) is 174 Å². The van der Waals surface area contributed by atoms with E-state index in [4.69, 9.17) is 27.9 Å². The Morgan fingerprint density at radius 1 is 0.313 bits per heavy atom. The van der Waals surface area contributed by atoms with Crippen LogP contribution in [0, 0.1) is 0 Å². The Balaban J connectivity index is 0.000000144. The Morgan fingerprint density at radius 3 is 0.939 bits per heavy atom. The summed E-state index contributed by atoms with van der Waals surface area (Å²) in [5, 5.41) is 5.09. The second-order valence-electron chi connectivity index (χ2n) is 28.3. The van der Waals surface area contributed by atoms with Gasteiger partial charge in [0, 0.05) is 180 Å². The second-order valence-corrected chi connectivity index (χ2v) is 47.2. The molecule has 8 aromatic carbocycles. The largest absolute Gasteiger partial charge is 0.495 e. The van der Waals surface area contributed by atoms with Crippen LogP contribution in [0.4, 0.5) is 34.1 Å². The number of benzene rings is 8. The summed E-state index contributed by atoms with van der Waals surface area (Å²) < 4.78 is 43.3. The molecule has 5 aliphatic rings. The standard InChI is InChI=1S/C33H32BNO2S.C27H20BrNS.C12H24B2O4.S7.S6/c1-31(2)21-13-7-9-16-24(21)35(25-17-10-8-14-22(25)31)26-18-12-20-28-30(26)29-23(15-11-19-27(29)38-28)34-36-32(3,4)33(5,6)37-34;1-27(2)17-9-3-5-12-20(17)29(21-13-6-4-10-18(21)27)22-14-8-16-24-26(22)25-19(28)11-7-15-23(25)30-24;1-9(2)10(3,4)16-13(15-9)14-17-11(5,6)12(7,8)18-14;1-3-5-7-6-4-2;1-3-5-6-4-2/h7-20H,1-6H3;3-16H,1-2H3;1-8H3;;. The molecule has 15 rings (SSSR count). The van der Waals surface area contributed by atoms with Crippen molar-refractivity contribution < 1.29 is 27.9 Å². The van der Waals surface area contributed by atoms with Gasteiger partial charge < -0.3 is 37.7 Å². The molecule has 516 valence electrons. The Hall–Kier alpha value is -2.91. The number of fused-ring (bicyclic) bond motifs is 10. The zero-order valence-corrected chi connectivity index (χ0v) is 71.6. The molecule has 0 N–H and O–H groups in total. The van der Waals surface area contributed by atoms with Gasteiger partial charge in [0.1, 0.15) is 0 Å². The number of anilines is 6. The SMILES string of the molecule is CC1(C)OB(B2OC(C)(C)C(C)(C)O2)OC1(C)C.CC1(C)c2ccccc2N(c2cccc3sc4cccc(B5OC(C)(C)C(C)(C)O5)c4c23)c2ccccc21.CC1(C)c2ccccc2N(c2cccc3sc4cccc(Br)c4c23)c2ccccc21.S=S=S=S=S=S.S=S=S=S=S=S=S. The van der Waals surface area contributed by atoms with Crippen molar-refractivity contribution in [2.75, 3.05) is 9.80 Å². The molecular weight excluding hydrogens is 1580 g/mol. The second kappa shape index (κ2) is 30.9. The molecule has 0 saturated carbocycles. The predicted molar refractivity (Wildman–Crippen MR) is 464 cm³/mol. The molecule has 27 heteroatoms. The van der Waals surface area contributed by atoms with Crippen molar-refractivity contribution in [3.8, 4) is 0 Å². The van der Waals surface area contributed by atoms with E-state index in [0.717, 1.165) is 9.94 Å². The van der Waals surface area contributed by atoms with E-state index in [-0.39, 0.29) is 33.2 Å². The van der Waals surface area contributed by atoms with Crippen LogP contribution in [0.1, 0.15) is 133 Å². The number of para-hydroxylation sites is 4. The zero-order chi connectivity index (χ0) is 71.3. The normalized spacial score (nSPS) is 18.4. The van der Waals surface area contributed by atoms with E-state index in [1.807, 2.05) is 78.1 Å². The van der Waals surface area contributed by atoms with E-state index in [2.05, 4.69) is 296 Å². The molecule has 0 bridgehead atoms. The molecule has 0 aliphatic carbocycles. The third-order valence-corrected chi connectivity index (χ3v) is 38.7. The summed E-state index contributed by atoms with van der Waals surface area (Å²) in [5.74, 6) is 0. The fraction of sp³-hybridized carbons (Fsp3) is 0.333. The van der Waals surface area contributed by atoms with Gasteiger partial charge in [-0.05, 0) is 178 Å². The fourth-order valence-electron chi connectivity index (χ4n) is 13.1. The minimum Gasteiger partial charge on any atom is -0.405 e. The van der Waals surface area contributed by atoms with Crippen LogP contribution in [0.2, 0.25) is 0 Å². The molecule has 5 aliphatic heterocycles. The lowest BCUT2D eigenvalue weighted by molar-refractivity contribution is 0.00578. The van der Waals surface area contributed by atoms with E-state index in [9.17, 15) is 0 Å². The Morgan fingerprint density at radius 2 is 0.586 bits per heavy atom. The number of halogens is 1. The van der Waals surface area contributed by atoms with Gasteiger partial charge in [0.25, 0.3) is 0 Å². The third kappa shape index (κ3) is 15.2. The minimum absolute atomic E-state index is 0.0467. The first-order valence-electron chi connectivity index (χ1n) is 32.0. The average molecular weight is 1660 g/mol. The molecule has 3 saturated heterocycles. The zero-order valence-electron chi connectivity index (χ0n) is 57.7. The molecule has 10 aromatic rings. The van der Waals surface area contributed by atoms with Crippen LogP contribution in [-0.4, -0.2) is 54.7 Å². The van der Waals surface area contributed by atoms with Gasteiger partial charge in [0.2, 0.25) is 0 Å². The Kier molecular flexibility index (Phi) is 24.1. The van der Waals surface area contributed by atoms with Crippen molar-refractivity contribution in [3.63, 3.8) is 0 Å². The third-order valence-electron chi connectivity index (χ3n) is 20.2. The highest BCUT2D eigenvalue weighted by Gasteiger charge is 2.64. The first-order valence-corrected chi connectivity index (χ1v) is 49.1. The molecule has 3 fully saturated rings. The molecule has 7 heterocycles. The highest BCUT2D eigenvalue weighted by molar-refractivity contribution is 9.10.